The molecule has 3 heterocycles. The van der Waals surface area contributed by atoms with Crippen LogP contribution in [0, 0.1) is 0 Å². The van der Waals surface area contributed by atoms with E-state index < -0.39 is 0 Å². The number of nitrogens with one attached hydrogen (secondary N) is 1. The van der Waals surface area contributed by atoms with Crippen LogP contribution in [-0.4, -0.2) is 46.2 Å². The zero-order valence-electron chi connectivity index (χ0n) is 12.8. The highest BCUT2D eigenvalue weighted by molar-refractivity contribution is 6.29. The number of benzene rings is 1. The van der Waals surface area contributed by atoms with Gasteiger partial charge in [0.15, 0.2) is 11.6 Å². The Balaban J connectivity index is 1.80. The molecule has 1 aliphatic rings. The highest BCUT2D eigenvalue weighted by Crippen LogP contribution is 2.29. The Kier molecular flexibility index (Phi) is 4.10. The average Bonchev–Trinajstić information content (AvgIpc) is 2.63. The second-order valence-corrected chi connectivity index (χ2v) is 5.66. The van der Waals surface area contributed by atoms with Gasteiger partial charge in [0.25, 0.3) is 0 Å². The first kappa shape index (κ1) is 15.0. The van der Waals surface area contributed by atoms with Crippen molar-refractivity contribution in [1.82, 2.24) is 19.9 Å². The van der Waals surface area contributed by atoms with Gasteiger partial charge in [-0.25, -0.2) is 15.0 Å². The number of hydrogen-bond donors (Lipinski definition) is 1. The molecule has 1 saturated heterocycles. The third kappa shape index (κ3) is 2.95. The average molecular weight is 343 g/mol. The van der Waals surface area contributed by atoms with Crippen molar-refractivity contribution in [2.24, 2.45) is 0 Å². The van der Waals surface area contributed by atoms with Crippen LogP contribution in [0.25, 0.3) is 11.0 Å². The first-order valence-electron chi connectivity index (χ1n) is 7.64. The Hall–Kier alpha value is -2.51. The summed E-state index contributed by atoms with van der Waals surface area (Å²) in [7, 11) is 0. The summed E-state index contributed by atoms with van der Waals surface area (Å²) in [6.07, 6.45) is 1.51. The van der Waals surface area contributed by atoms with Crippen LogP contribution in [-0.2, 0) is 4.74 Å². The van der Waals surface area contributed by atoms with Gasteiger partial charge in [0.2, 0.25) is 5.28 Å². The van der Waals surface area contributed by atoms with Crippen molar-refractivity contribution in [2.45, 2.75) is 0 Å². The molecule has 1 N–H and O–H groups in total. The maximum atomic E-state index is 6.15. The predicted octanol–water partition coefficient (Wildman–Crippen LogP) is 2.65. The Morgan fingerprint density at radius 1 is 1.00 bits per heavy atom. The quantitative estimate of drug-likeness (QED) is 0.733. The van der Waals surface area contributed by atoms with Crippen LogP contribution in [0.5, 0.6) is 0 Å². The minimum Gasteiger partial charge on any atom is -0.378 e. The van der Waals surface area contributed by atoms with Crippen LogP contribution in [0.15, 0.2) is 36.7 Å². The van der Waals surface area contributed by atoms with Crippen LogP contribution < -0.4 is 10.2 Å². The lowest BCUT2D eigenvalue weighted by molar-refractivity contribution is 0.122. The third-order valence-electron chi connectivity index (χ3n) is 3.78. The number of morpholine rings is 1. The van der Waals surface area contributed by atoms with Gasteiger partial charge in [-0.1, -0.05) is 18.2 Å². The number of para-hydroxylation sites is 1. The van der Waals surface area contributed by atoms with E-state index in [9.17, 15) is 0 Å². The highest BCUT2D eigenvalue weighted by atomic mass is 35.5. The van der Waals surface area contributed by atoms with Crippen molar-refractivity contribution in [3.63, 3.8) is 0 Å². The molecule has 2 aromatic heterocycles. The number of aromatic nitrogens is 4. The van der Waals surface area contributed by atoms with Crippen LogP contribution in [0.4, 0.5) is 17.3 Å². The first-order chi connectivity index (χ1) is 11.8. The fourth-order valence-electron chi connectivity index (χ4n) is 2.65. The monoisotopic (exact) mass is 342 g/mol. The number of rotatable bonds is 3. The van der Waals surface area contributed by atoms with Gasteiger partial charge < -0.3 is 15.0 Å². The number of nitrogens with zero attached hydrogens (tertiary/aromatic N) is 5. The Bertz CT molecular complexity index is 854. The fraction of sp³-hybridized carbons (Fsp3) is 0.250. The second-order valence-electron chi connectivity index (χ2n) is 5.33. The first-order valence-corrected chi connectivity index (χ1v) is 8.02. The van der Waals surface area contributed by atoms with Gasteiger partial charge >= 0.3 is 0 Å². The summed E-state index contributed by atoms with van der Waals surface area (Å²) >= 11 is 6.15. The predicted molar refractivity (Wildman–Crippen MR) is 92.9 cm³/mol. The molecule has 0 bridgehead atoms. The molecule has 1 aromatic carbocycles. The molecule has 122 valence electrons. The molecule has 4 rings (SSSR count). The van der Waals surface area contributed by atoms with Gasteiger partial charge in [-0.2, -0.15) is 4.98 Å². The molecule has 0 amide bonds. The van der Waals surface area contributed by atoms with Crippen molar-refractivity contribution in [3.05, 3.63) is 41.9 Å². The third-order valence-corrected chi connectivity index (χ3v) is 3.95. The number of ether oxygens (including phenoxy) is 1. The molecule has 0 spiro atoms. The second kappa shape index (κ2) is 6.54. The summed E-state index contributed by atoms with van der Waals surface area (Å²) in [6, 6.07) is 9.78. The lowest BCUT2D eigenvalue weighted by atomic mass is 10.3. The van der Waals surface area contributed by atoms with E-state index in [0.29, 0.717) is 35.9 Å². The van der Waals surface area contributed by atoms with Gasteiger partial charge in [0.1, 0.15) is 17.4 Å². The summed E-state index contributed by atoms with van der Waals surface area (Å²) in [5.41, 5.74) is 2.19. The molecule has 0 aliphatic carbocycles. The zero-order valence-corrected chi connectivity index (χ0v) is 13.6. The largest absolute Gasteiger partial charge is 0.378 e. The van der Waals surface area contributed by atoms with Crippen molar-refractivity contribution < 1.29 is 4.74 Å². The number of fused-ring (bicyclic) bond motifs is 1. The van der Waals surface area contributed by atoms with E-state index in [-0.39, 0.29) is 5.28 Å². The topological polar surface area (TPSA) is 76.1 Å². The van der Waals surface area contributed by atoms with Gasteiger partial charge in [0.05, 0.1) is 13.2 Å². The molecular formula is C16H15ClN6O. The Labute approximate surface area is 143 Å². The van der Waals surface area contributed by atoms with Crippen LogP contribution >= 0.6 is 11.6 Å². The molecule has 24 heavy (non-hydrogen) atoms. The van der Waals surface area contributed by atoms with Crippen LogP contribution in [0.1, 0.15) is 0 Å². The Morgan fingerprint density at radius 3 is 2.58 bits per heavy atom. The van der Waals surface area contributed by atoms with E-state index in [0.717, 1.165) is 18.8 Å². The number of hydrogen-bond acceptors (Lipinski definition) is 7. The smallest absolute Gasteiger partial charge is 0.225 e. The minimum absolute atomic E-state index is 0.176. The molecule has 3 aromatic rings. The van der Waals surface area contributed by atoms with Gasteiger partial charge in [-0.3, -0.25) is 0 Å². The summed E-state index contributed by atoms with van der Waals surface area (Å²) in [4.78, 5) is 19.5. The van der Waals surface area contributed by atoms with Crippen molar-refractivity contribution in [2.75, 3.05) is 36.5 Å². The van der Waals surface area contributed by atoms with Gasteiger partial charge in [0, 0.05) is 18.8 Å². The molecule has 0 saturated carbocycles. The number of anilines is 3. The van der Waals surface area contributed by atoms with E-state index in [1.54, 1.807) is 0 Å². The molecule has 1 fully saturated rings. The van der Waals surface area contributed by atoms with E-state index >= 15 is 0 Å². The van der Waals surface area contributed by atoms with Crippen LogP contribution in [0.3, 0.4) is 0 Å². The molecule has 7 nitrogen and oxygen atoms in total. The minimum atomic E-state index is 0.176. The normalized spacial score (nSPS) is 14.8. The molecule has 0 atom stereocenters. The number of halogens is 1. The molecular weight excluding hydrogens is 328 g/mol. The summed E-state index contributed by atoms with van der Waals surface area (Å²) in [5, 5.41) is 3.44. The standard InChI is InChI=1S/C16H15ClN6O/c17-16-21-12-13(15(22-16)23-6-8-24-9-7-23)18-10-19-14(12)20-11-4-2-1-3-5-11/h1-5,10H,6-9H2,(H,18,19,20). The Morgan fingerprint density at radius 2 is 1.79 bits per heavy atom. The fourth-order valence-corrected chi connectivity index (χ4v) is 2.82. The van der Waals surface area contributed by atoms with Crippen molar-refractivity contribution in [1.29, 1.82) is 0 Å². The lowest BCUT2D eigenvalue weighted by Crippen LogP contribution is -2.37. The van der Waals surface area contributed by atoms with Crippen LogP contribution in [0.2, 0.25) is 5.28 Å². The lowest BCUT2D eigenvalue weighted by Gasteiger charge is -2.28. The maximum absolute atomic E-state index is 6.15. The molecule has 8 heteroatoms. The summed E-state index contributed by atoms with van der Waals surface area (Å²) in [6.45, 7) is 2.80. The van der Waals surface area contributed by atoms with Gasteiger partial charge in [-0.15, -0.1) is 0 Å². The highest BCUT2D eigenvalue weighted by Gasteiger charge is 2.20. The maximum Gasteiger partial charge on any atom is 0.225 e. The summed E-state index contributed by atoms with van der Waals surface area (Å²) in [5.74, 6) is 1.32. The van der Waals surface area contributed by atoms with E-state index in [4.69, 9.17) is 16.3 Å². The van der Waals surface area contributed by atoms with Crippen molar-refractivity contribution >= 4 is 40.0 Å². The summed E-state index contributed by atoms with van der Waals surface area (Å²) < 4.78 is 5.40. The molecule has 0 unspecified atom stereocenters. The van der Waals surface area contributed by atoms with Crippen molar-refractivity contribution in [3.8, 4) is 0 Å². The molecule has 1 aliphatic heterocycles. The van der Waals surface area contributed by atoms with E-state index in [2.05, 4.69) is 30.2 Å². The SMILES string of the molecule is Clc1nc(N2CCOCC2)c2ncnc(Nc3ccccc3)c2n1. The van der Waals surface area contributed by atoms with E-state index in [1.165, 1.54) is 6.33 Å². The van der Waals surface area contributed by atoms with E-state index in [1.807, 2.05) is 30.3 Å². The zero-order chi connectivity index (χ0) is 16.4. The molecule has 0 radical (unpaired) electrons. The van der Waals surface area contributed by atoms with Gasteiger partial charge in [-0.05, 0) is 23.7 Å².